The Hall–Kier alpha value is -0.710. The van der Waals surface area contributed by atoms with Crippen LogP contribution in [0.25, 0.3) is 0 Å². The molecule has 0 atom stereocenters. The summed E-state index contributed by atoms with van der Waals surface area (Å²) < 4.78 is 1.62. The molecule has 0 heterocycles. The van der Waals surface area contributed by atoms with Gasteiger partial charge in [-0.3, -0.25) is 0 Å². The first-order valence-corrected chi connectivity index (χ1v) is 7.19. The summed E-state index contributed by atoms with van der Waals surface area (Å²) >= 11 is 12.6. The van der Waals surface area contributed by atoms with Gasteiger partial charge in [0.15, 0.2) is 0 Å². The van der Waals surface area contributed by atoms with Crippen molar-refractivity contribution in [1.82, 2.24) is 0 Å². The third-order valence-corrected chi connectivity index (χ3v) is 3.95. The lowest BCUT2D eigenvalue weighted by Gasteiger charge is -2.09. The Bertz CT molecular complexity index is 575. The molecule has 0 fully saturated rings. The quantitative estimate of drug-likeness (QED) is 0.755. The van der Waals surface area contributed by atoms with Crippen LogP contribution in [0.2, 0.25) is 5.02 Å². The summed E-state index contributed by atoms with van der Waals surface area (Å²) in [6.07, 6.45) is 0. The lowest BCUT2D eigenvalue weighted by Crippen LogP contribution is -1.99. The normalized spacial score (nSPS) is 10.4. The maximum atomic E-state index is 9.41. The van der Waals surface area contributed by atoms with Gasteiger partial charge >= 0.3 is 0 Å². The van der Waals surface area contributed by atoms with E-state index >= 15 is 0 Å². The van der Waals surface area contributed by atoms with Gasteiger partial charge in [0, 0.05) is 21.7 Å². The summed E-state index contributed by atoms with van der Waals surface area (Å²) in [5.74, 6) is 0.242. The standard InChI is InChI=1S/C13H10Br2ClNO/c14-10-6-9(16)2-3-12(10)17-7-8-1-4-13(18)11(15)5-8/h1-6,17-18H,7H2. The highest BCUT2D eigenvalue weighted by Crippen LogP contribution is 2.28. The zero-order valence-electron chi connectivity index (χ0n) is 9.25. The van der Waals surface area contributed by atoms with E-state index in [0.717, 1.165) is 15.7 Å². The monoisotopic (exact) mass is 389 g/mol. The largest absolute Gasteiger partial charge is 0.507 e. The molecule has 18 heavy (non-hydrogen) atoms. The van der Waals surface area contributed by atoms with Crippen LogP contribution >= 0.6 is 43.5 Å². The van der Waals surface area contributed by atoms with E-state index in [9.17, 15) is 5.11 Å². The van der Waals surface area contributed by atoms with Crippen molar-refractivity contribution in [1.29, 1.82) is 0 Å². The van der Waals surface area contributed by atoms with Crippen LogP contribution in [0, 0.1) is 0 Å². The zero-order chi connectivity index (χ0) is 13.1. The van der Waals surface area contributed by atoms with Crippen LogP contribution in [0.4, 0.5) is 5.69 Å². The Kier molecular flexibility index (Phi) is 4.54. The second-order valence-electron chi connectivity index (χ2n) is 3.76. The van der Waals surface area contributed by atoms with Crippen LogP contribution in [-0.2, 0) is 6.54 Å². The fourth-order valence-corrected chi connectivity index (χ4v) is 2.74. The number of halogens is 3. The number of aromatic hydroxyl groups is 1. The second kappa shape index (κ2) is 5.95. The highest BCUT2D eigenvalue weighted by molar-refractivity contribution is 9.11. The molecular weight excluding hydrogens is 381 g/mol. The Morgan fingerprint density at radius 2 is 1.83 bits per heavy atom. The zero-order valence-corrected chi connectivity index (χ0v) is 13.2. The lowest BCUT2D eigenvalue weighted by molar-refractivity contribution is 0.471. The average molecular weight is 391 g/mol. The van der Waals surface area contributed by atoms with Crippen LogP contribution in [0.5, 0.6) is 5.75 Å². The molecule has 0 aliphatic heterocycles. The molecule has 0 unspecified atom stereocenters. The number of phenolic OH excluding ortho intramolecular Hbond substituents is 1. The molecule has 0 radical (unpaired) electrons. The van der Waals surface area contributed by atoms with Crippen LogP contribution in [0.1, 0.15) is 5.56 Å². The van der Waals surface area contributed by atoms with E-state index in [1.54, 1.807) is 6.07 Å². The van der Waals surface area contributed by atoms with Crippen LogP contribution in [-0.4, -0.2) is 5.11 Å². The number of hydrogen-bond donors (Lipinski definition) is 2. The minimum absolute atomic E-state index is 0.242. The lowest BCUT2D eigenvalue weighted by atomic mass is 10.2. The van der Waals surface area contributed by atoms with Crippen molar-refractivity contribution in [3.8, 4) is 5.75 Å². The van der Waals surface area contributed by atoms with E-state index in [1.807, 2.05) is 30.3 Å². The molecule has 0 amide bonds. The highest BCUT2D eigenvalue weighted by Gasteiger charge is 2.02. The first-order chi connectivity index (χ1) is 8.56. The van der Waals surface area contributed by atoms with Crippen molar-refractivity contribution in [2.24, 2.45) is 0 Å². The molecule has 2 aromatic carbocycles. The molecule has 0 aliphatic rings. The van der Waals surface area contributed by atoms with E-state index in [0.29, 0.717) is 16.0 Å². The summed E-state index contributed by atoms with van der Waals surface area (Å²) in [4.78, 5) is 0. The molecule has 0 aliphatic carbocycles. The van der Waals surface area contributed by atoms with Crippen LogP contribution in [0.15, 0.2) is 45.3 Å². The SMILES string of the molecule is Oc1ccc(CNc2ccc(Cl)cc2Br)cc1Br. The molecule has 0 spiro atoms. The van der Waals surface area contributed by atoms with Crippen molar-refractivity contribution in [3.63, 3.8) is 0 Å². The molecule has 2 aromatic rings. The number of phenols is 1. The maximum absolute atomic E-state index is 9.41. The van der Waals surface area contributed by atoms with Crippen molar-refractivity contribution < 1.29 is 5.11 Å². The van der Waals surface area contributed by atoms with Gasteiger partial charge in [-0.25, -0.2) is 0 Å². The summed E-state index contributed by atoms with van der Waals surface area (Å²) in [6.45, 7) is 0.666. The number of hydrogen-bond acceptors (Lipinski definition) is 2. The molecule has 2 rings (SSSR count). The van der Waals surface area contributed by atoms with E-state index in [-0.39, 0.29) is 5.75 Å². The smallest absolute Gasteiger partial charge is 0.129 e. The topological polar surface area (TPSA) is 32.3 Å². The van der Waals surface area contributed by atoms with Gasteiger partial charge in [-0.2, -0.15) is 0 Å². The third kappa shape index (κ3) is 3.40. The van der Waals surface area contributed by atoms with Gasteiger partial charge in [-0.05, 0) is 67.8 Å². The van der Waals surface area contributed by atoms with E-state index in [2.05, 4.69) is 37.2 Å². The van der Waals surface area contributed by atoms with Gasteiger partial charge in [0.05, 0.1) is 4.47 Å². The predicted molar refractivity (Wildman–Crippen MR) is 82.3 cm³/mol. The Morgan fingerprint density at radius 1 is 1.06 bits per heavy atom. The third-order valence-electron chi connectivity index (χ3n) is 2.43. The van der Waals surface area contributed by atoms with Gasteiger partial charge in [0.2, 0.25) is 0 Å². The number of benzene rings is 2. The van der Waals surface area contributed by atoms with Crippen LogP contribution in [0.3, 0.4) is 0 Å². The predicted octanol–water partition coefficient (Wildman–Crippen LogP) is 5.18. The van der Waals surface area contributed by atoms with Gasteiger partial charge in [-0.1, -0.05) is 17.7 Å². The second-order valence-corrected chi connectivity index (χ2v) is 5.91. The number of nitrogens with one attached hydrogen (secondary N) is 1. The van der Waals surface area contributed by atoms with Gasteiger partial charge < -0.3 is 10.4 Å². The summed E-state index contributed by atoms with van der Waals surface area (Å²) in [5.41, 5.74) is 2.05. The van der Waals surface area contributed by atoms with Crippen molar-refractivity contribution in [3.05, 3.63) is 55.9 Å². The Labute approximate surface area is 127 Å². The average Bonchev–Trinajstić information content (AvgIpc) is 2.32. The van der Waals surface area contributed by atoms with Gasteiger partial charge in [0.1, 0.15) is 5.75 Å². The minimum atomic E-state index is 0.242. The first kappa shape index (κ1) is 13.7. The van der Waals surface area contributed by atoms with Gasteiger partial charge in [-0.15, -0.1) is 0 Å². The summed E-state index contributed by atoms with van der Waals surface area (Å²) in [6, 6.07) is 11.0. The van der Waals surface area contributed by atoms with E-state index < -0.39 is 0 Å². The fourth-order valence-electron chi connectivity index (χ4n) is 1.49. The summed E-state index contributed by atoms with van der Waals surface area (Å²) in [7, 11) is 0. The Balaban J connectivity index is 2.09. The molecule has 0 saturated heterocycles. The number of rotatable bonds is 3. The molecule has 2 nitrogen and oxygen atoms in total. The van der Waals surface area contributed by atoms with Crippen LogP contribution < -0.4 is 5.32 Å². The maximum Gasteiger partial charge on any atom is 0.129 e. The molecule has 94 valence electrons. The molecule has 0 saturated carbocycles. The van der Waals surface area contributed by atoms with Crippen molar-refractivity contribution in [2.75, 3.05) is 5.32 Å². The number of anilines is 1. The van der Waals surface area contributed by atoms with Gasteiger partial charge in [0.25, 0.3) is 0 Å². The molecule has 5 heteroatoms. The highest BCUT2D eigenvalue weighted by atomic mass is 79.9. The van der Waals surface area contributed by atoms with E-state index in [1.165, 1.54) is 0 Å². The van der Waals surface area contributed by atoms with Crippen molar-refractivity contribution in [2.45, 2.75) is 6.54 Å². The van der Waals surface area contributed by atoms with Crippen molar-refractivity contribution >= 4 is 49.1 Å². The Morgan fingerprint density at radius 3 is 2.50 bits per heavy atom. The minimum Gasteiger partial charge on any atom is -0.507 e. The van der Waals surface area contributed by atoms with E-state index in [4.69, 9.17) is 11.6 Å². The fraction of sp³-hybridized carbons (Fsp3) is 0.0769. The molecular formula is C13H10Br2ClNO. The summed E-state index contributed by atoms with van der Waals surface area (Å²) in [5, 5.41) is 13.4. The first-order valence-electron chi connectivity index (χ1n) is 5.22. The molecule has 0 aromatic heterocycles. The molecule has 0 bridgehead atoms. The molecule has 2 N–H and O–H groups in total.